The number of amides is 1. The molecule has 0 atom stereocenters. The van der Waals surface area contributed by atoms with Crippen LogP contribution in [0.5, 0.6) is 0 Å². The Morgan fingerprint density at radius 2 is 2.11 bits per heavy atom. The number of rotatable bonds is 2. The molecule has 1 aliphatic heterocycles. The van der Waals surface area contributed by atoms with Gasteiger partial charge in [0.15, 0.2) is 0 Å². The Kier molecular flexibility index (Phi) is 4.02. The molecule has 0 spiro atoms. The van der Waals surface area contributed by atoms with Gasteiger partial charge in [-0.15, -0.1) is 0 Å². The van der Waals surface area contributed by atoms with E-state index in [4.69, 9.17) is 4.74 Å². The van der Waals surface area contributed by atoms with E-state index in [0.29, 0.717) is 23.2 Å². The van der Waals surface area contributed by atoms with Crippen molar-refractivity contribution < 1.29 is 13.9 Å². The lowest BCUT2D eigenvalue weighted by Gasteiger charge is -2.34. The fourth-order valence-electron chi connectivity index (χ4n) is 1.93. The third kappa shape index (κ3) is 3.09. The number of nitrogens with one attached hydrogen (secondary N) is 1. The van der Waals surface area contributed by atoms with Crippen LogP contribution in [0.2, 0.25) is 0 Å². The molecule has 0 bridgehead atoms. The summed E-state index contributed by atoms with van der Waals surface area (Å²) in [7, 11) is 0. The molecule has 1 amide bonds. The van der Waals surface area contributed by atoms with Gasteiger partial charge in [-0.3, -0.25) is 4.79 Å². The van der Waals surface area contributed by atoms with Crippen LogP contribution in [0.15, 0.2) is 22.7 Å². The zero-order valence-corrected chi connectivity index (χ0v) is 11.7. The minimum Gasteiger partial charge on any atom is -0.381 e. The van der Waals surface area contributed by atoms with Gasteiger partial charge in [-0.2, -0.15) is 0 Å². The molecule has 1 aromatic carbocycles. The molecule has 1 N–H and O–H groups in total. The van der Waals surface area contributed by atoms with Crippen LogP contribution in [0.3, 0.4) is 0 Å². The van der Waals surface area contributed by atoms with E-state index in [1.54, 1.807) is 0 Å². The molecule has 1 fully saturated rings. The Labute approximate surface area is 114 Å². The molecule has 1 saturated heterocycles. The molecule has 3 nitrogen and oxygen atoms in total. The van der Waals surface area contributed by atoms with Gasteiger partial charge in [0.1, 0.15) is 5.82 Å². The van der Waals surface area contributed by atoms with E-state index in [2.05, 4.69) is 21.2 Å². The van der Waals surface area contributed by atoms with Gasteiger partial charge in [-0.25, -0.2) is 4.39 Å². The Morgan fingerprint density at radius 1 is 1.44 bits per heavy atom. The molecule has 98 valence electrons. The van der Waals surface area contributed by atoms with E-state index in [1.165, 1.54) is 18.2 Å². The summed E-state index contributed by atoms with van der Waals surface area (Å²) in [6.45, 7) is 3.32. The fourth-order valence-corrected chi connectivity index (χ4v) is 2.31. The number of benzene rings is 1. The van der Waals surface area contributed by atoms with Crippen LogP contribution < -0.4 is 5.32 Å². The maximum Gasteiger partial charge on any atom is 0.251 e. The van der Waals surface area contributed by atoms with Gasteiger partial charge in [0.05, 0.1) is 4.47 Å². The normalized spacial score (nSPS) is 18.4. The van der Waals surface area contributed by atoms with E-state index >= 15 is 0 Å². The number of carbonyl (C=O) groups is 1. The highest BCUT2D eigenvalue weighted by molar-refractivity contribution is 9.10. The van der Waals surface area contributed by atoms with Crippen molar-refractivity contribution in [1.82, 2.24) is 5.32 Å². The molecule has 0 radical (unpaired) electrons. The van der Waals surface area contributed by atoms with Gasteiger partial charge in [0, 0.05) is 24.3 Å². The van der Waals surface area contributed by atoms with Crippen LogP contribution in [0.1, 0.15) is 30.1 Å². The fraction of sp³-hybridized carbons (Fsp3) is 0.462. The first-order chi connectivity index (χ1) is 8.50. The second-order valence-electron chi connectivity index (χ2n) is 4.76. The lowest BCUT2D eigenvalue weighted by Crippen LogP contribution is -2.49. The summed E-state index contributed by atoms with van der Waals surface area (Å²) in [6.07, 6.45) is 1.59. The number of carbonyl (C=O) groups excluding carboxylic acids is 1. The first kappa shape index (κ1) is 13.5. The molecule has 18 heavy (non-hydrogen) atoms. The quantitative estimate of drug-likeness (QED) is 0.911. The second-order valence-corrected chi connectivity index (χ2v) is 5.61. The average molecular weight is 316 g/mol. The first-order valence-electron chi connectivity index (χ1n) is 5.85. The van der Waals surface area contributed by atoms with Crippen molar-refractivity contribution in [2.45, 2.75) is 25.3 Å². The van der Waals surface area contributed by atoms with Crippen LogP contribution in [-0.4, -0.2) is 24.7 Å². The summed E-state index contributed by atoms with van der Waals surface area (Å²) < 4.78 is 18.7. The summed E-state index contributed by atoms with van der Waals surface area (Å²) in [6, 6.07) is 4.26. The van der Waals surface area contributed by atoms with Crippen molar-refractivity contribution in [3.63, 3.8) is 0 Å². The Balaban J connectivity index is 2.09. The average Bonchev–Trinajstić information content (AvgIpc) is 2.33. The van der Waals surface area contributed by atoms with Gasteiger partial charge in [-0.1, -0.05) is 0 Å². The van der Waals surface area contributed by atoms with E-state index < -0.39 is 0 Å². The number of hydrogen-bond donors (Lipinski definition) is 1. The topological polar surface area (TPSA) is 38.3 Å². The Hall–Kier alpha value is -0.940. The van der Waals surface area contributed by atoms with Crippen LogP contribution in [0, 0.1) is 5.82 Å². The predicted molar refractivity (Wildman–Crippen MR) is 70.0 cm³/mol. The summed E-state index contributed by atoms with van der Waals surface area (Å²) in [5.41, 5.74) is 0.215. The highest BCUT2D eigenvalue weighted by atomic mass is 79.9. The first-order valence-corrected chi connectivity index (χ1v) is 6.65. The lowest BCUT2D eigenvalue weighted by molar-refractivity contribution is 0.0423. The molecule has 1 aromatic rings. The minimum atomic E-state index is -0.371. The highest BCUT2D eigenvalue weighted by Gasteiger charge is 2.29. The smallest absolute Gasteiger partial charge is 0.251 e. The summed E-state index contributed by atoms with van der Waals surface area (Å²) in [5, 5.41) is 3.00. The summed E-state index contributed by atoms with van der Waals surface area (Å²) >= 11 is 3.08. The monoisotopic (exact) mass is 315 g/mol. The zero-order chi connectivity index (χ0) is 13.2. The number of hydrogen-bond acceptors (Lipinski definition) is 2. The molecule has 1 heterocycles. The second kappa shape index (κ2) is 5.36. The van der Waals surface area contributed by atoms with Crippen molar-refractivity contribution in [3.8, 4) is 0 Å². The van der Waals surface area contributed by atoms with Crippen LogP contribution >= 0.6 is 15.9 Å². The standard InChI is InChI=1S/C13H15BrFNO2/c1-13(4-6-18-7-5-13)16-12(17)9-2-3-11(15)10(14)8-9/h2-3,8H,4-7H2,1H3,(H,16,17). The third-order valence-electron chi connectivity index (χ3n) is 3.19. The zero-order valence-electron chi connectivity index (χ0n) is 10.1. The Morgan fingerprint density at radius 3 is 2.72 bits per heavy atom. The summed E-state index contributed by atoms with van der Waals surface area (Å²) in [4.78, 5) is 12.1. The maximum atomic E-state index is 13.1. The van der Waals surface area contributed by atoms with Crippen molar-refractivity contribution >= 4 is 21.8 Å². The molecule has 5 heteroatoms. The molecule has 0 unspecified atom stereocenters. The predicted octanol–water partition coefficient (Wildman–Crippen LogP) is 2.89. The van der Waals surface area contributed by atoms with E-state index in [1.807, 2.05) is 6.92 Å². The van der Waals surface area contributed by atoms with Gasteiger partial charge < -0.3 is 10.1 Å². The SMILES string of the molecule is CC1(NC(=O)c2ccc(F)c(Br)c2)CCOCC1. The van der Waals surface area contributed by atoms with Crippen LogP contribution in [0.4, 0.5) is 4.39 Å². The molecule has 1 aliphatic rings. The van der Waals surface area contributed by atoms with Gasteiger partial charge in [0.2, 0.25) is 0 Å². The molecular formula is C13H15BrFNO2. The van der Waals surface area contributed by atoms with Crippen molar-refractivity contribution in [2.24, 2.45) is 0 Å². The van der Waals surface area contributed by atoms with E-state index in [9.17, 15) is 9.18 Å². The summed E-state index contributed by atoms with van der Waals surface area (Å²) in [5.74, 6) is -0.552. The van der Waals surface area contributed by atoms with E-state index in [0.717, 1.165) is 12.8 Å². The Bertz CT molecular complexity index is 458. The van der Waals surface area contributed by atoms with E-state index in [-0.39, 0.29) is 17.3 Å². The molecule has 0 saturated carbocycles. The lowest BCUT2D eigenvalue weighted by atomic mass is 9.92. The van der Waals surface area contributed by atoms with Crippen LogP contribution in [-0.2, 0) is 4.74 Å². The van der Waals surface area contributed by atoms with Crippen LogP contribution in [0.25, 0.3) is 0 Å². The largest absolute Gasteiger partial charge is 0.381 e. The van der Waals surface area contributed by atoms with Crippen molar-refractivity contribution in [2.75, 3.05) is 13.2 Å². The molecule has 2 rings (SSSR count). The molecular weight excluding hydrogens is 301 g/mol. The maximum absolute atomic E-state index is 13.1. The minimum absolute atomic E-state index is 0.180. The van der Waals surface area contributed by atoms with Crippen molar-refractivity contribution in [3.05, 3.63) is 34.1 Å². The van der Waals surface area contributed by atoms with Gasteiger partial charge >= 0.3 is 0 Å². The highest BCUT2D eigenvalue weighted by Crippen LogP contribution is 2.21. The third-order valence-corrected chi connectivity index (χ3v) is 3.80. The number of ether oxygens (including phenoxy) is 1. The molecule has 0 aliphatic carbocycles. The number of halogens is 2. The van der Waals surface area contributed by atoms with Gasteiger partial charge in [0.25, 0.3) is 5.91 Å². The van der Waals surface area contributed by atoms with Crippen molar-refractivity contribution in [1.29, 1.82) is 0 Å². The molecule has 0 aromatic heterocycles. The van der Waals surface area contributed by atoms with Gasteiger partial charge in [-0.05, 0) is 53.9 Å².